The Hall–Kier alpha value is -1.38. The van der Waals surface area contributed by atoms with Crippen LogP contribution in [0.2, 0.25) is 0 Å². The summed E-state index contributed by atoms with van der Waals surface area (Å²) < 4.78 is 20.3. The van der Waals surface area contributed by atoms with E-state index in [9.17, 15) is 9.18 Å². The Morgan fingerprint density at radius 2 is 1.78 bits per heavy atom. The Balaban J connectivity index is 1.53. The second-order valence-electron chi connectivity index (χ2n) is 7.57. The molecule has 2 aliphatic heterocycles. The molecule has 0 amide bonds. The van der Waals surface area contributed by atoms with Gasteiger partial charge < -0.3 is 16.2 Å². The number of carbonyl (C=O) groups is 1. The fraction of sp³-hybridized carbons (Fsp3) is 0.650. The number of nitrogens with two attached hydrogens (primary N) is 2. The first-order valence-corrected chi connectivity index (χ1v) is 9.81. The SMILES string of the molecule is NCC1(N2CCOCC2)CCN(C(F)CC(N)C(=O)c2ccccc2)CC1. The van der Waals surface area contributed by atoms with Crippen molar-refractivity contribution in [2.75, 3.05) is 45.9 Å². The zero-order valence-electron chi connectivity index (χ0n) is 15.9. The fourth-order valence-electron chi connectivity index (χ4n) is 4.19. The molecule has 2 unspecified atom stereocenters. The standard InChI is InChI=1S/C20H31FN4O2/c21-18(14-17(23)19(26)16-4-2-1-3-5-16)24-8-6-20(15-22,7-9-24)25-10-12-27-13-11-25/h1-5,17-18H,6-15,22-23H2. The molecule has 0 bridgehead atoms. The smallest absolute Gasteiger partial charge is 0.179 e. The molecular weight excluding hydrogens is 347 g/mol. The van der Waals surface area contributed by atoms with Crippen molar-refractivity contribution in [3.63, 3.8) is 0 Å². The molecule has 3 rings (SSSR count). The topological polar surface area (TPSA) is 84.8 Å². The van der Waals surface area contributed by atoms with Crippen LogP contribution in [0.25, 0.3) is 0 Å². The number of piperidine rings is 1. The quantitative estimate of drug-likeness (QED) is 0.544. The van der Waals surface area contributed by atoms with Crippen LogP contribution in [0.1, 0.15) is 29.6 Å². The van der Waals surface area contributed by atoms with Crippen LogP contribution in [0, 0.1) is 0 Å². The maximum Gasteiger partial charge on any atom is 0.179 e. The molecule has 0 aromatic heterocycles. The number of alkyl halides is 1. The number of morpholine rings is 1. The summed E-state index contributed by atoms with van der Waals surface area (Å²) in [5.41, 5.74) is 12.6. The molecule has 27 heavy (non-hydrogen) atoms. The van der Waals surface area contributed by atoms with Gasteiger partial charge in [-0.05, 0) is 12.8 Å². The maximum atomic E-state index is 14.8. The number of hydrogen-bond acceptors (Lipinski definition) is 6. The van der Waals surface area contributed by atoms with E-state index in [2.05, 4.69) is 4.90 Å². The number of ketones is 1. The van der Waals surface area contributed by atoms with Gasteiger partial charge >= 0.3 is 0 Å². The van der Waals surface area contributed by atoms with Gasteiger partial charge in [-0.15, -0.1) is 0 Å². The third kappa shape index (κ3) is 4.73. The van der Waals surface area contributed by atoms with Crippen molar-refractivity contribution >= 4 is 5.78 Å². The molecule has 1 aromatic rings. The summed E-state index contributed by atoms with van der Waals surface area (Å²) >= 11 is 0. The average Bonchev–Trinajstić information content (AvgIpc) is 2.74. The molecule has 1 aromatic carbocycles. The minimum absolute atomic E-state index is 0.0148. The Morgan fingerprint density at radius 3 is 2.37 bits per heavy atom. The van der Waals surface area contributed by atoms with Crippen LogP contribution in [0.3, 0.4) is 0 Å². The number of nitrogens with zero attached hydrogens (tertiary/aromatic N) is 2. The van der Waals surface area contributed by atoms with E-state index in [0.29, 0.717) is 25.2 Å². The fourth-order valence-corrected chi connectivity index (χ4v) is 4.19. The highest BCUT2D eigenvalue weighted by Gasteiger charge is 2.41. The predicted molar refractivity (Wildman–Crippen MR) is 103 cm³/mol. The molecule has 7 heteroatoms. The number of hydrogen-bond donors (Lipinski definition) is 2. The Kier molecular flexibility index (Phi) is 6.94. The molecule has 2 saturated heterocycles. The first kappa shape index (κ1) is 20.4. The minimum Gasteiger partial charge on any atom is -0.379 e. The monoisotopic (exact) mass is 378 g/mol. The van der Waals surface area contributed by atoms with Gasteiger partial charge in [0.25, 0.3) is 0 Å². The lowest BCUT2D eigenvalue weighted by Crippen LogP contribution is -2.62. The van der Waals surface area contributed by atoms with Gasteiger partial charge in [-0.1, -0.05) is 30.3 Å². The second-order valence-corrected chi connectivity index (χ2v) is 7.57. The second kappa shape index (κ2) is 9.21. The molecule has 0 aliphatic carbocycles. The number of rotatable bonds is 7. The van der Waals surface area contributed by atoms with E-state index in [4.69, 9.17) is 16.2 Å². The third-order valence-corrected chi connectivity index (χ3v) is 6.03. The largest absolute Gasteiger partial charge is 0.379 e. The van der Waals surface area contributed by atoms with Crippen LogP contribution in [0.4, 0.5) is 4.39 Å². The number of ether oxygens (including phenoxy) is 1. The van der Waals surface area contributed by atoms with Gasteiger partial charge in [-0.25, -0.2) is 4.39 Å². The van der Waals surface area contributed by atoms with Crippen molar-refractivity contribution in [3.8, 4) is 0 Å². The van der Waals surface area contributed by atoms with Crippen LogP contribution < -0.4 is 11.5 Å². The molecular formula is C20H31FN4O2. The molecule has 0 spiro atoms. The Morgan fingerprint density at radius 1 is 1.15 bits per heavy atom. The van der Waals surface area contributed by atoms with Crippen molar-refractivity contribution in [2.45, 2.75) is 37.1 Å². The third-order valence-electron chi connectivity index (χ3n) is 6.03. The van der Waals surface area contributed by atoms with Crippen molar-refractivity contribution in [2.24, 2.45) is 11.5 Å². The van der Waals surface area contributed by atoms with E-state index in [1.54, 1.807) is 29.2 Å². The van der Waals surface area contributed by atoms with Crippen molar-refractivity contribution < 1.29 is 13.9 Å². The predicted octanol–water partition coefficient (Wildman–Crippen LogP) is 1.01. The highest BCUT2D eigenvalue weighted by molar-refractivity contribution is 5.99. The highest BCUT2D eigenvalue weighted by atomic mass is 19.1. The van der Waals surface area contributed by atoms with Gasteiger partial charge in [0.1, 0.15) is 0 Å². The lowest BCUT2D eigenvalue weighted by Gasteiger charge is -2.50. The summed E-state index contributed by atoms with van der Waals surface area (Å²) in [7, 11) is 0. The Bertz CT molecular complexity index is 601. The molecule has 2 heterocycles. The average molecular weight is 378 g/mol. The van der Waals surface area contributed by atoms with Crippen molar-refractivity contribution in [3.05, 3.63) is 35.9 Å². The summed E-state index contributed by atoms with van der Waals surface area (Å²) in [6, 6.07) is 8.02. The van der Waals surface area contributed by atoms with Gasteiger partial charge in [0.15, 0.2) is 12.1 Å². The maximum absolute atomic E-state index is 14.8. The highest BCUT2D eigenvalue weighted by Crippen LogP contribution is 2.30. The van der Waals surface area contributed by atoms with Crippen LogP contribution in [-0.2, 0) is 4.74 Å². The van der Waals surface area contributed by atoms with Gasteiger partial charge in [0.05, 0.1) is 19.3 Å². The zero-order valence-corrected chi connectivity index (χ0v) is 15.9. The van der Waals surface area contributed by atoms with E-state index in [-0.39, 0.29) is 17.7 Å². The van der Waals surface area contributed by atoms with Gasteiger partial charge in [0.2, 0.25) is 0 Å². The van der Waals surface area contributed by atoms with Crippen molar-refractivity contribution in [1.82, 2.24) is 9.80 Å². The molecule has 150 valence electrons. The van der Waals surface area contributed by atoms with E-state index >= 15 is 0 Å². The number of benzene rings is 1. The summed E-state index contributed by atoms with van der Waals surface area (Å²) in [5.74, 6) is -0.208. The first-order valence-electron chi connectivity index (χ1n) is 9.81. The van der Waals surface area contributed by atoms with Crippen LogP contribution in [-0.4, -0.2) is 79.4 Å². The van der Waals surface area contributed by atoms with E-state index in [1.807, 2.05) is 6.07 Å². The van der Waals surface area contributed by atoms with E-state index < -0.39 is 12.3 Å². The number of halogens is 1. The Labute approximate surface area is 160 Å². The van der Waals surface area contributed by atoms with E-state index in [0.717, 1.165) is 39.1 Å². The van der Waals surface area contributed by atoms with Gasteiger partial charge in [-0.3, -0.25) is 14.6 Å². The summed E-state index contributed by atoms with van der Waals surface area (Å²) in [5, 5.41) is 0. The molecule has 2 atom stereocenters. The number of carbonyl (C=O) groups excluding carboxylic acids is 1. The number of likely N-dealkylation sites (tertiary alicyclic amines) is 1. The molecule has 2 aliphatic rings. The van der Waals surface area contributed by atoms with Crippen molar-refractivity contribution in [1.29, 1.82) is 0 Å². The zero-order chi connectivity index (χ0) is 19.3. The summed E-state index contributed by atoms with van der Waals surface area (Å²) in [6.07, 6.45) is 0.450. The van der Waals surface area contributed by atoms with Crippen LogP contribution in [0.15, 0.2) is 30.3 Å². The molecule has 2 fully saturated rings. The van der Waals surface area contributed by atoms with Crippen LogP contribution in [0.5, 0.6) is 0 Å². The normalized spacial score (nSPS) is 23.7. The molecule has 6 nitrogen and oxygen atoms in total. The lowest BCUT2D eigenvalue weighted by atomic mass is 9.85. The molecule has 0 saturated carbocycles. The van der Waals surface area contributed by atoms with Gasteiger partial charge in [-0.2, -0.15) is 0 Å². The molecule has 0 radical (unpaired) electrons. The minimum atomic E-state index is -1.21. The summed E-state index contributed by atoms with van der Waals surface area (Å²) in [6.45, 7) is 5.05. The van der Waals surface area contributed by atoms with Gasteiger partial charge in [0, 0.05) is 50.2 Å². The first-order chi connectivity index (χ1) is 13.1. The van der Waals surface area contributed by atoms with E-state index in [1.165, 1.54) is 0 Å². The van der Waals surface area contributed by atoms with Crippen LogP contribution >= 0.6 is 0 Å². The number of Topliss-reactive ketones (excluding diaryl/α,β-unsaturated/α-hetero) is 1. The summed E-state index contributed by atoms with van der Waals surface area (Å²) in [4.78, 5) is 16.6. The lowest BCUT2D eigenvalue weighted by molar-refractivity contribution is -0.0595. The molecule has 4 N–H and O–H groups in total.